The van der Waals surface area contributed by atoms with Crippen LogP contribution in [0.2, 0.25) is 0 Å². The maximum Gasteiger partial charge on any atom is 0.321 e. The van der Waals surface area contributed by atoms with Gasteiger partial charge in [-0.1, -0.05) is 18.2 Å². The lowest BCUT2D eigenvalue weighted by Gasteiger charge is -2.27. The van der Waals surface area contributed by atoms with Gasteiger partial charge in [-0.15, -0.1) is 0 Å². The van der Waals surface area contributed by atoms with Crippen molar-refractivity contribution < 1.29 is 17.6 Å². The first-order chi connectivity index (χ1) is 14.3. The molecule has 0 amide bonds. The molecule has 0 bridgehead atoms. The van der Waals surface area contributed by atoms with Crippen molar-refractivity contribution in [3.05, 3.63) is 99.7 Å². The van der Waals surface area contributed by atoms with E-state index in [1.54, 1.807) is 19.1 Å². The number of amidine groups is 1. The van der Waals surface area contributed by atoms with Crippen LogP contribution in [0.3, 0.4) is 0 Å². The van der Waals surface area contributed by atoms with Crippen molar-refractivity contribution in [2.45, 2.75) is 25.4 Å². The molecule has 0 saturated heterocycles. The summed E-state index contributed by atoms with van der Waals surface area (Å²) in [6.45, 7) is -1.28. The molecule has 156 valence electrons. The fraction of sp³-hybridized carbons (Fsp3) is 0.190. The quantitative estimate of drug-likeness (QED) is 0.275. The first-order valence-corrected chi connectivity index (χ1v) is 8.99. The normalized spacial score (nSPS) is 13.1. The van der Waals surface area contributed by atoms with E-state index in [1.165, 1.54) is 36.5 Å². The summed E-state index contributed by atoms with van der Waals surface area (Å²) in [4.78, 5) is 15.2. The number of benzene rings is 1. The Bertz CT molecular complexity index is 1040. The Kier molecular flexibility index (Phi) is 6.29. The molecule has 3 aromatic rings. The molecule has 2 N–H and O–H groups in total. The van der Waals surface area contributed by atoms with Crippen molar-refractivity contribution in [3.8, 4) is 0 Å². The van der Waals surface area contributed by atoms with Crippen LogP contribution >= 0.6 is 0 Å². The van der Waals surface area contributed by atoms with Gasteiger partial charge in [0.05, 0.1) is 0 Å². The van der Waals surface area contributed by atoms with Crippen LogP contribution in [0.4, 0.5) is 17.6 Å². The summed E-state index contributed by atoms with van der Waals surface area (Å²) in [6, 6.07) is 10.2. The van der Waals surface area contributed by atoms with Crippen molar-refractivity contribution in [2.24, 2.45) is 0 Å². The first-order valence-electron chi connectivity index (χ1n) is 8.99. The van der Waals surface area contributed by atoms with Gasteiger partial charge in [-0.05, 0) is 42.3 Å². The van der Waals surface area contributed by atoms with Crippen molar-refractivity contribution in [2.75, 3.05) is 0 Å². The molecule has 0 aliphatic heterocycles. The predicted molar refractivity (Wildman–Crippen MR) is 104 cm³/mol. The average Bonchev–Trinajstić information content (AvgIpc) is 2.71. The third-order valence-electron chi connectivity index (χ3n) is 4.65. The molecule has 5 nitrogen and oxygen atoms in total. The summed E-state index contributed by atoms with van der Waals surface area (Å²) in [5.41, 5.74) is 0.525. The zero-order chi connectivity index (χ0) is 21.8. The van der Waals surface area contributed by atoms with Crippen LogP contribution in [0.25, 0.3) is 0 Å². The van der Waals surface area contributed by atoms with Gasteiger partial charge in [0.15, 0.2) is 0 Å². The monoisotopic (exact) mass is 418 g/mol. The van der Waals surface area contributed by atoms with Crippen LogP contribution in [-0.4, -0.2) is 21.4 Å². The number of pyridine rings is 2. The summed E-state index contributed by atoms with van der Waals surface area (Å²) in [6.07, 6.45) is 2.25. The number of hydrogen-bond donors (Lipinski definition) is 2. The molecule has 9 heteroatoms. The lowest BCUT2D eigenvalue weighted by atomic mass is 9.86. The van der Waals surface area contributed by atoms with Crippen molar-refractivity contribution in [1.82, 2.24) is 14.9 Å². The molecular weight excluding hydrogens is 400 g/mol. The van der Waals surface area contributed by atoms with Crippen LogP contribution in [0.1, 0.15) is 36.1 Å². The second-order valence-electron chi connectivity index (χ2n) is 6.69. The molecule has 0 aliphatic carbocycles. The summed E-state index contributed by atoms with van der Waals surface area (Å²) in [5, 5.41) is 11.2. The van der Waals surface area contributed by atoms with Crippen molar-refractivity contribution >= 4 is 5.84 Å². The SMILES string of the molecule is C[C@H](NC(=N)c1ccc(=O)n(C(F)F)c1)C(c1ccc(F)cc1)c1ccc(F)nc1. The maximum atomic E-state index is 13.4. The van der Waals surface area contributed by atoms with Crippen molar-refractivity contribution in [3.63, 3.8) is 0 Å². The van der Waals surface area contributed by atoms with E-state index in [0.717, 1.165) is 12.3 Å². The third-order valence-corrected chi connectivity index (χ3v) is 4.65. The molecule has 2 heterocycles. The molecule has 0 aliphatic rings. The average molecular weight is 418 g/mol. The smallest absolute Gasteiger partial charge is 0.321 e. The molecule has 0 radical (unpaired) electrons. The van der Waals surface area contributed by atoms with Crippen LogP contribution in [-0.2, 0) is 0 Å². The largest absolute Gasteiger partial charge is 0.367 e. The van der Waals surface area contributed by atoms with E-state index in [4.69, 9.17) is 5.41 Å². The van der Waals surface area contributed by atoms with E-state index in [9.17, 15) is 22.4 Å². The van der Waals surface area contributed by atoms with Gasteiger partial charge >= 0.3 is 6.55 Å². The minimum atomic E-state index is -3.03. The minimum Gasteiger partial charge on any atom is -0.367 e. The van der Waals surface area contributed by atoms with E-state index in [-0.39, 0.29) is 16.0 Å². The number of nitrogens with zero attached hydrogens (tertiary/aromatic N) is 2. The highest BCUT2D eigenvalue weighted by Crippen LogP contribution is 2.28. The van der Waals surface area contributed by atoms with Gasteiger partial charge < -0.3 is 5.32 Å². The molecule has 30 heavy (non-hydrogen) atoms. The fourth-order valence-corrected chi connectivity index (χ4v) is 3.21. The Morgan fingerprint density at radius 1 is 1.03 bits per heavy atom. The molecule has 3 rings (SSSR count). The van der Waals surface area contributed by atoms with Crippen molar-refractivity contribution in [1.29, 1.82) is 5.41 Å². The Hall–Kier alpha value is -3.49. The second-order valence-corrected chi connectivity index (χ2v) is 6.69. The maximum absolute atomic E-state index is 13.4. The Morgan fingerprint density at radius 2 is 1.70 bits per heavy atom. The Morgan fingerprint density at radius 3 is 2.30 bits per heavy atom. The molecule has 0 spiro atoms. The number of hydrogen-bond acceptors (Lipinski definition) is 3. The fourth-order valence-electron chi connectivity index (χ4n) is 3.21. The topological polar surface area (TPSA) is 70.8 Å². The third kappa shape index (κ3) is 4.73. The Balaban J connectivity index is 1.91. The standard InChI is InChI=1S/C21H18F4N4O/c1-12(28-20(26)15-5-9-18(30)29(11-15)21(24)25)19(13-2-6-16(22)7-3-13)14-4-8-17(23)27-10-14/h2-12,19,21H,1H3,(H2,26,28)/t12-,19?/m0/s1. The summed E-state index contributed by atoms with van der Waals surface area (Å²) >= 11 is 0. The molecule has 1 aromatic carbocycles. The molecular formula is C21H18F4N4O. The van der Waals surface area contributed by atoms with Crippen LogP contribution in [0, 0.1) is 17.2 Å². The van der Waals surface area contributed by atoms with Gasteiger partial charge in [0.2, 0.25) is 5.95 Å². The highest BCUT2D eigenvalue weighted by Gasteiger charge is 2.23. The highest BCUT2D eigenvalue weighted by atomic mass is 19.3. The molecule has 0 fully saturated rings. The zero-order valence-corrected chi connectivity index (χ0v) is 15.8. The van der Waals surface area contributed by atoms with E-state index in [1.807, 2.05) is 0 Å². The number of aromatic nitrogens is 2. The summed E-state index contributed by atoms with van der Waals surface area (Å²) in [5.74, 6) is -1.70. The van der Waals surface area contributed by atoms with E-state index >= 15 is 0 Å². The highest BCUT2D eigenvalue weighted by molar-refractivity contribution is 5.96. The van der Waals surface area contributed by atoms with Crippen LogP contribution in [0.15, 0.2) is 65.7 Å². The molecule has 2 aromatic heterocycles. The lowest BCUT2D eigenvalue weighted by molar-refractivity contribution is 0.0663. The molecule has 0 saturated carbocycles. The Labute approximate surface area is 169 Å². The van der Waals surface area contributed by atoms with Gasteiger partial charge in [-0.2, -0.15) is 13.2 Å². The number of alkyl halides is 2. The van der Waals surface area contributed by atoms with Crippen LogP contribution < -0.4 is 10.9 Å². The summed E-state index contributed by atoms with van der Waals surface area (Å²) in [7, 11) is 0. The predicted octanol–water partition coefficient (Wildman–Crippen LogP) is 4.05. The number of nitrogens with one attached hydrogen (secondary N) is 2. The van der Waals surface area contributed by atoms with Gasteiger partial charge in [-0.25, -0.2) is 9.37 Å². The lowest BCUT2D eigenvalue weighted by Crippen LogP contribution is -2.38. The zero-order valence-electron chi connectivity index (χ0n) is 15.8. The second kappa shape index (κ2) is 8.89. The van der Waals surface area contributed by atoms with E-state index in [2.05, 4.69) is 10.3 Å². The number of rotatable bonds is 6. The van der Waals surface area contributed by atoms with Gasteiger partial charge in [0, 0.05) is 36.0 Å². The van der Waals surface area contributed by atoms with Gasteiger partial charge in [-0.3, -0.25) is 14.8 Å². The summed E-state index contributed by atoms with van der Waals surface area (Å²) < 4.78 is 52.8. The van der Waals surface area contributed by atoms with Gasteiger partial charge in [0.25, 0.3) is 5.56 Å². The van der Waals surface area contributed by atoms with E-state index < -0.39 is 35.8 Å². The minimum absolute atomic E-state index is 0.0943. The van der Waals surface area contributed by atoms with E-state index in [0.29, 0.717) is 11.1 Å². The molecule has 1 unspecified atom stereocenters. The van der Waals surface area contributed by atoms with Gasteiger partial charge in [0.1, 0.15) is 11.7 Å². The molecule has 2 atom stereocenters. The number of halogens is 4. The van der Waals surface area contributed by atoms with Crippen LogP contribution in [0.5, 0.6) is 0 Å². The first kappa shape index (κ1) is 21.2.